The van der Waals surface area contributed by atoms with Gasteiger partial charge in [-0.3, -0.25) is 0 Å². The molecular formula is C15H17F2N5O4S. The van der Waals surface area contributed by atoms with Gasteiger partial charge in [0.1, 0.15) is 12.2 Å². The van der Waals surface area contributed by atoms with E-state index in [9.17, 15) is 17.2 Å². The second kappa shape index (κ2) is 5.32. The van der Waals surface area contributed by atoms with Crippen LogP contribution in [-0.2, 0) is 10.2 Å². The number of hydrogen-bond donors (Lipinski definition) is 1. The first-order valence-corrected chi connectivity index (χ1v) is 10.2. The topological polar surface area (TPSA) is 128 Å². The number of nitrogens with zero attached hydrogens (tertiary/aromatic N) is 4. The third-order valence-corrected chi connectivity index (χ3v) is 7.05. The zero-order chi connectivity index (χ0) is 19.0. The van der Waals surface area contributed by atoms with Crippen molar-refractivity contribution in [2.24, 2.45) is 10.6 Å². The summed E-state index contributed by atoms with van der Waals surface area (Å²) in [6, 6.07) is 0. The molecule has 0 aromatic carbocycles. The average Bonchev–Trinajstić information content (AvgIpc) is 3.32. The van der Waals surface area contributed by atoms with E-state index in [1.807, 2.05) is 0 Å². The largest absolute Gasteiger partial charge is 0.364 e. The lowest BCUT2D eigenvalue weighted by Crippen LogP contribution is -2.43. The van der Waals surface area contributed by atoms with Crippen LogP contribution in [-0.4, -0.2) is 47.0 Å². The molecule has 1 aliphatic heterocycles. The summed E-state index contributed by atoms with van der Waals surface area (Å²) >= 11 is 0. The third kappa shape index (κ3) is 2.46. The monoisotopic (exact) mass is 401 g/mol. The Morgan fingerprint density at radius 2 is 1.93 bits per heavy atom. The van der Waals surface area contributed by atoms with Crippen LogP contribution in [0.25, 0.3) is 11.4 Å². The molecule has 2 saturated carbocycles. The van der Waals surface area contributed by atoms with E-state index in [1.54, 1.807) is 0 Å². The fourth-order valence-electron chi connectivity index (χ4n) is 4.19. The van der Waals surface area contributed by atoms with Crippen LogP contribution in [0.15, 0.2) is 15.3 Å². The maximum Gasteiger partial charge on any atom is 0.276 e. The maximum absolute atomic E-state index is 14.7. The van der Waals surface area contributed by atoms with Gasteiger partial charge in [-0.25, -0.2) is 13.9 Å². The van der Waals surface area contributed by atoms with E-state index in [1.165, 1.54) is 6.26 Å². The summed E-state index contributed by atoms with van der Waals surface area (Å²) in [6.07, 6.45) is 3.36. The van der Waals surface area contributed by atoms with Crippen molar-refractivity contribution in [1.82, 2.24) is 19.6 Å². The quantitative estimate of drug-likeness (QED) is 0.824. The standard InChI is InChI=1S/C15H17F2N5O4S/c16-15(17)11(14(15)3-5-22(6-4-14)27(18,23)24)13-19-12(21-26-13)9-7-25-20-10(9)8-1-2-8/h7-8,11H,1-6H2,(H2,18,23,24)/t11-/m0/s1. The van der Waals surface area contributed by atoms with Gasteiger partial charge in [-0.1, -0.05) is 10.3 Å². The number of aromatic nitrogens is 3. The Kier molecular flexibility index (Phi) is 3.39. The molecule has 3 heterocycles. The first-order chi connectivity index (χ1) is 12.7. The molecular weight excluding hydrogens is 384 g/mol. The highest BCUT2D eigenvalue weighted by atomic mass is 32.2. The normalized spacial score (nSPS) is 27.1. The van der Waals surface area contributed by atoms with Crippen molar-refractivity contribution in [3.05, 3.63) is 17.8 Å². The van der Waals surface area contributed by atoms with E-state index < -0.39 is 27.5 Å². The molecule has 0 radical (unpaired) electrons. The summed E-state index contributed by atoms with van der Waals surface area (Å²) < 4.78 is 63.3. The SMILES string of the molecule is NS(=O)(=O)N1CCC2(CC1)[C@H](c1nc(-c3conc3C3CC3)no1)C2(F)F. The summed E-state index contributed by atoms with van der Waals surface area (Å²) in [5.41, 5.74) is -0.0815. The molecule has 12 heteroatoms. The summed E-state index contributed by atoms with van der Waals surface area (Å²) in [5, 5.41) is 12.9. The molecule has 146 valence electrons. The molecule has 1 spiro atoms. The molecule has 2 aromatic heterocycles. The van der Waals surface area contributed by atoms with Gasteiger partial charge < -0.3 is 9.05 Å². The zero-order valence-electron chi connectivity index (χ0n) is 14.1. The van der Waals surface area contributed by atoms with Crippen LogP contribution in [0.4, 0.5) is 8.78 Å². The van der Waals surface area contributed by atoms with Crippen molar-refractivity contribution in [3.8, 4) is 11.4 Å². The van der Waals surface area contributed by atoms with E-state index in [0.29, 0.717) is 5.56 Å². The van der Waals surface area contributed by atoms with Crippen molar-refractivity contribution >= 4 is 10.2 Å². The fourth-order valence-corrected chi connectivity index (χ4v) is 4.88. The Morgan fingerprint density at radius 1 is 1.22 bits per heavy atom. The van der Waals surface area contributed by atoms with E-state index in [2.05, 4.69) is 15.3 Å². The van der Waals surface area contributed by atoms with Crippen molar-refractivity contribution < 1.29 is 26.2 Å². The van der Waals surface area contributed by atoms with Crippen LogP contribution in [0.2, 0.25) is 0 Å². The van der Waals surface area contributed by atoms with Crippen molar-refractivity contribution in [3.63, 3.8) is 0 Å². The Bertz CT molecular complexity index is 992. The van der Waals surface area contributed by atoms with Gasteiger partial charge in [0.15, 0.2) is 0 Å². The lowest BCUT2D eigenvalue weighted by atomic mass is 9.91. The predicted molar refractivity (Wildman–Crippen MR) is 85.8 cm³/mol. The highest BCUT2D eigenvalue weighted by Crippen LogP contribution is 2.75. The number of alkyl halides is 2. The number of rotatable bonds is 4. The van der Waals surface area contributed by atoms with Crippen LogP contribution < -0.4 is 5.14 Å². The highest BCUT2D eigenvalue weighted by Gasteiger charge is 2.82. The van der Waals surface area contributed by atoms with Gasteiger partial charge in [0.05, 0.1) is 16.7 Å². The first kappa shape index (κ1) is 17.2. The number of hydrogen-bond acceptors (Lipinski definition) is 7. The number of piperidine rings is 1. The lowest BCUT2D eigenvalue weighted by molar-refractivity contribution is 0.0406. The summed E-state index contributed by atoms with van der Waals surface area (Å²) in [6.45, 7) is -0.104. The van der Waals surface area contributed by atoms with Crippen LogP contribution >= 0.6 is 0 Å². The van der Waals surface area contributed by atoms with Gasteiger partial charge in [0.2, 0.25) is 11.7 Å². The Labute approximate surface area is 153 Å². The Morgan fingerprint density at radius 3 is 2.56 bits per heavy atom. The second-order valence-electron chi connectivity index (χ2n) is 7.50. The summed E-state index contributed by atoms with van der Waals surface area (Å²) in [7, 11) is -3.88. The minimum Gasteiger partial charge on any atom is -0.364 e. The number of halogens is 2. The van der Waals surface area contributed by atoms with Crippen LogP contribution in [0.5, 0.6) is 0 Å². The smallest absolute Gasteiger partial charge is 0.276 e. The maximum atomic E-state index is 14.7. The third-order valence-electron chi connectivity index (χ3n) is 5.96. The van der Waals surface area contributed by atoms with Gasteiger partial charge in [-0.15, -0.1) is 0 Å². The minimum absolute atomic E-state index is 0.0145. The molecule has 27 heavy (non-hydrogen) atoms. The molecule has 2 aliphatic carbocycles. The highest BCUT2D eigenvalue weighted by molar-refractivity contribution is 7.86. The van der Waals surface area contributed by atoms with E-state index in [4.69, 9.17) is 14.2 Å². The zero-order valence-corrected chi connectivity index (χ0v) is 15.0. The molecule has 0 amide bonds. The summed E-state index contributed by atoms with van der Waals surface area (Å²) in [5.74, 6) is -3.92. The molecule has 2 aromatic rings. The van der Waals surface area contributed by atoms with E-state index >= 15 is 0 Å². The molecule has 0 unspecified atom stereocenters. The molecule has 1 saturated heterocycles. The van der Waals surface area contributed by atoms with Gasteiger partial charge in [0, 0.05) is 19.0 Å². The molecule has 1 atom stereocenters. The molecule has 9 nitrogen and oxygen atoms in total. The average molecular weight is 401 g/mol. The van der Waals surface area contributed by atoms with Gasteiger partial charge in [0.25, 0.3) is 16.1 Å². The van der Waals surface area contributed by atoms with Gasteiger partial charge in [-0.05, 0) is 25.7 Å². The molecule has 0 bridgehead atoms. The Hall–Kier alpha value is -1.92. The fraction of sp³-hybridized carbons (Fsp3) is 0.667. The van der Waals surface area contributed by atoms with Crippen LogP contribution in [0, 0.1) is 5.41 Å². The first-order valence-electron chi connectivity index (χ1n) is 8.68. The molecule has 2 N–H and O–H groups in total. The second-order valence-corrected chi connectivity index (χ2v) is 9.05. The Balaban J connectivity index is 1.40. The van der Waals surface area contributed by atoms with E-state index in [0.717, 1.165) is 22.8 Å². The predicted octanol–water partition coefficient (Wildman–Crippen LogP) is 1.62. The molecule has 5 rings (SSSR count). The minimum atomic E-state index is -3.88. The van der Waals surface area contributed by atoms with Crippen molar-refractivity contribution in [2.45, 2.75) is 43.4 Å². The van der Waals surface area contributed by atoms with E-state index in [-0.39, 0.29) is 43.6 Å². The number of nitrogens with two attached hydrogens (primary N) is 1. The van der Waals surface area contributed by atoms with Gasteiger partial charge >= 0.3 is 0 Å². The summed E-state index contributed by atoms with van der Waals surface area (Å²) in [4.78, 5) is 4.18. The van der Waals surface area contributed by atoms with Crippen molar-refractivity contribution in [2.75, 3.05) is 13.1 Å². The van der Waals surface area contributed by atoms with Crippen LogP contribution in [0.1, 0.15) is 49.1 Å². The lowest BCUT2D eigenvalue weighted by Gasteiger charge is -2.30. The van der Waals surface area contributed by atoms with Crippen molar-refractivity contribution in [1.29, 1.82) is 0 Å². The van der Waals surface area contributed by atoms with Crippen LogP contribution in [0.3, 0.4) is 0 Å². The molecule has 3 fully saturated rings. The van der Waals surface area contributed by atoms with Gasteiger partial charge in [-0.2, -0.15) is 17.7 Å². The molecule has 3 aliphatic rings.